The highest BCUT2D eigenvalue weighted by molar-refractivity contribution is 6.04. The highest BCUT2D eigenvalue weighted by Crippen LogP contribution is 2.21. The van der Waals surface area contributed by atoms with Gasteiger partial charge in [-0.3, -0.25) is 4.79 Å². The van der Waals surface area contributed by atoms with Crippen molar-refractivity contribution in [1.29, 1.82) is 0 Å². The van der Waals surface area contributed by atoms with E-state index in [-0.39, 0.29) is 5.91 Å². The van der Waals surface area contributed by atoms with Crippen molar-refractivity contribution in [2.75, 3.05) is 23.3 Å². The molecule has 0 fully saturated rings. The number of hydrogen-bond acceptors (Lipinski definition) is 2. The van der Waals surface area contributed by atoms with Crippen LogP contribution < -0.4 is 10.2 Å². The largest absolute Gasteiger partial charge is 0.372 e. The zero-order chi connectivity index (χ0) is 18.4. The Hall–Kier alpha value is -3.07. The van der Waals surface area contributed by atoms with Crippen molar-refractivity contribution < 1.29 is 4.79 Å². The van der Waals surface area contributed by atoms with Crippen LogP contribution in [0.1, 0.15) is 24.2 Å². The summed E-state index contributed by atoms with van der Waals surface area (Å²) in [5.74, 6) is -0.0970. The molecule has 3 aromatic carbocycles. The van der Waals surface area contributed by atoms with Crippen molar-refractivity contribution in [2.24, 2.45) is 0 Å². The molecule has 0 aromatic heterocycles. The molecule has 0 saturated heterocycles. The second-order valence-corrected chi connectivity index (χ2v) is 6.12. The van der Waals surface area contributed by atoms with Gasteiger partial charge in [0.25, 0.3) is 5.91 Å². The first-order valence-corrected chi connectivity index (χ1v) is 9.03. The maximum Gasteiger partial charge on any atom is 0.255 e. The van der Waals surface area contributed by atoms with Crippen molar-refractivity contribution in [1.82, 2.24) is 0 Å². The summed E-state index contributed by atoms with van der Waals surface area (Å²) in [4.78, 5) is 14.7. The molecule has 132 valence electrons. The van der Waals surface area contributed by atoms with Crippen LogP contribution in [0.15, 0.2) is 78.9 Å². The van der Waals surface area contributed by atoms with Crippen LogP contribution in [0.4, 0.5) is 11.4 Å². The zero-order valence-corrected chi connectivity index (χ0v) is 15.3. The first-order valence-electron chi connectivity index (χ1n) is 9.03. The second-order valence-electron chi connectivity index (χ2n) is 6.12. The number of anilines is 2. The van der Waals surface area contributed by atoms with Gasteiger partial charge in [-0.1, -0.05) is 42.5 Å². The van der Waals surface area contributed by atoms with Gasteiger partial charge in [-0.2, -0.15) is 0 Å². The third kappa shape index (κ3) is 4.12. The molecule has 0 heterocycles. The average Bonchev–Trinajstić information content (AvgIpc) is 2.71. The summed E-state index contributed by atoms with van der Waals surface area (Å²) < 4.78 is 0. The fraction of sp³-hybridized carbons (Fsp3) is 0.174. The molecular formula is C23H24N2O. The molecule has 26 heavy (non-hydrogen) atoms. The Morgan fingerprint density at radius 3 is 1.92 bits per heavy atom. The third-order valence-corrected chi connectivity index (χ3v) is 4.51. The Morgan fingerprint density at radius 2 is 1.35 bits per heavy atom. The standard InChI is InChI=1S/C23H24N2O/c1-3-25(4-2)22-16-14-21(15-17-22)24-23(26)20-12-10-19(11-13-20)18-8-6-5-7-9-18/h5-17H,3-4H2,1-2H3,(H,24,26). The van der Waals surface area contributed by atoms with Crippen LogP contribution in [0.5, 0.6) is 0 Å². The van der Waals surface area contributed by atoms with Gasteiger partial charge in [-0.05, 0) is 61.4 Å². The predicted molar refractivity (Wildman–Crippen MR) is 110 cm³/mol. The molecule has 0 aliphatic heterocycles. The number of nitrogens with zero attached hydrogens (tertiary/aromatic N) is 1. The topological polar surface area (TPSA) is 32.3 Å². The lowest BCUT2D eigenvalue weighted by Gasteiger charge is -2.21. The van der Waals surface area contributed by atoms with Crippen LogP contribution in [-0.4, -0.2) is 19.0 Å². The van der Waals surface area contributed by atoms with Crippen molar-refractivity contribution in [3.63, 3.8) is 0 Å². The molecular weight excluding hydrogens is 320 g/mol. The molecule has 0 radical (unpaired) electrons. The maximum absolute atomic E-state index is 12.5. The van der Waals surface area contributed by atoms with E-state index in [2.05, 4.69) is 36.2 Å². The number of rotatable bonds is 6. The van der Waals surface area contributed by atoms with E-state index in [1.165, 1.54) is 5.69 Å². The van der Waals surface area contributed by atoms with Crippen molar-refractivity contribution >= 4 is 17.3 Å². The Morgan fingerprint density at radius 1 is 0.769 bits per heavy atom. The third-order valence-electron chi connectivity index (χ3n) is 4.51. The van der Waals surface area contributed by atoms with Crippen LogP contribution >= 0.6 is 0 Å². The van der Waals surface area contributed by atoms with Gasteiger partial charge in [-0.25, -0.2) is 0 Å². The number of nitrogens with one attached hydrogen (secondary N) is 1. The van der Waals surface area contributed by atoms with E-state index < -0.39 is 0 Å². The quantitative estimate of drug-likeness (QED) is 0.644. The molecule has 1 N–H and O–H groups in total. The van der Waals surface area contributed by atoms with E-state index in [4.69, 9.17) is 0 Å². The summed E-state index contributed by atoms with van der Waals surface area (Å²) in [5, 5.41) is 2.96. The number of carbonyl (C=O) groups is 1. The van der Waals surface area contributed by atoms with Gasteiger partial charge in [0.15, 0.2) is 0 Å². The van der Waals surface area contributed by atoms with Crippen LogP contribution in [0.25, 0.3) is 11.1 Å². The number of amides is 1. The summed E-state index contributed by atoms with van der Waals surface area (Å²) >= 11 is 0. The molecule has 0 atom stereocenters. The van der Waals surface area contributed by atoms with E-state index >= 15 is 0 Å². The van der Waals surface area contributed by atoms with E-state index in [1.807, 2.05) is 66.7 Å². The van der Waals surface area contributed by atoms with E-state index in [0.29, 0.717) is 5.56 Å². The van der Waals surface area contributed by atoms with Crippen LogP contribution in [0.3, 0.4) is 0 Å². The maximum atomic E-state index is 12.5. The lowest BCUT2D eigenvalue weighted by atomic mass is 10.0. The zero-order valence-electron chi connectivity index (χ0n) is 15.3. The highest BCUT2D eigenvalue weighted by atomic mass is 16.1. The summed E-state index contributed by atoms with van der Waals surface area (Å²) in [6, 6.07) is 25.8. The molecule has 0 aliphatic carbocycles. The highest BCUT2D eigenvalue weighted by Gasteiger charge is 2.07. The fourth-order valence-corrected chi connectivity index (χ4v) is 2.99. The second kappa shape index (κ2) is 8.34. The smallest absolute Gasteiger partial charge is 0.255 e. The first-order chi connectivity index (χ1) is 12.7. The fourth-order valence-electron chi connectivity index (χ4n) is 2.99. The number of benzene rings is 3. The number of carbonyl (C=O) groups excluding carboxylic acids is 1. The summed E-state index contributed by atoms with van der Waals surface area (Å²) in [7, 11) is 0. The summed E-state index contributed by atoms with van der Waals surface area (Å²) in [5.41, 5.74) is 4.87. The minimum atomic E-state index is -0.0970. The van der Waals surface area contributed by atoms with Crippen molar-refractivity contribution in [3.8, 4) is 11.1 Å². The van der Waals surface area contributed by atoms with Crippen LogP contribution in [0, 0.1) is 0 Å². The van der Waals surface area contributed by atoms with E-state index in [1.54, 1.807) is 0 Å². The lowest BCUT2D eigenvalue weighted by Crippen LogP contribution is -2.21. The molecule has 0 spiro atoms. The number of hydrogen-bond donors (Lipinski definition) is 1. The van der Waals surface area contributed by atoms with E-state index in [0.717, 1.165) is 29.9 Å². The molecule has 0 bridgehead atoms. The molecule has 3 heteroatoms. The molecule has 3 aromatic rings. The predicted octanol–water partition coefficient (Wildman–Crippen LogP) is 5.45. The molecule has 3 nitrogen and oxygen atoms in total. The van der Waals surface area contributed by atoms with Crippen molar-refractivity contribution in [3.05, 3.63) is 84.4 Å². The minimum Gasteiger partial charge on any atom is -0.372 e. The van der Waals surface area contributed by atoms with Gasteiger partial charge < -0.3 is 10.2 Å². The van der Waals surface area contributed by atoms with E-state index in [9.17, 15) is 4.79 Å². The Labute approximate surface area is 155 Å². The Bertz CT molecular complexity index is 836. The van der Waals surface area contributed by atoms with Gasteiger partial charge in [-0.15, -0.1) is 0 Å². The van der Waals surface area contributed by atoms with Crippen LogP contribution in [0.2, 0.25) is 0 Å². The van der Waals surface area contributed by atoms with Gasteiger partial charge in [0.05, 0.1) is 0 Å². The molecule has 0 saturated carbocycles. The average molecular weight is 344 g/mol. The van der Waals surface area contributed by atoms with Gasteiger partial charge in [0, 0.05) is 30.0 Å². The van der Waals surface area contributed by atoms with Gasteiger partial charge in [0.2, 0.25) is 0 Å². The Balaban J connectivity index is 1.68. The lowest BCUT2D eigenvalue weighted by molar-refractivity contribution is 0.102. The molecule has 0 unspecified atom stereocenters. The SMILES string of the molecule is CCN(CC)c1ccc(NC(=O)c2ccc(-c3ccccc3)cc2)cc1. The minimum absolute atomic E-state index is 0.0970. The first kappa shape index (κ1) is 17.7. The summed E-state index contributed by atoms with van der Waals surface area (Å²) in [6.07, 6.45) is 0. The van der Waals surface area contributed by atoms with Gasteiger partial charge >= 0.3 is 0 Å². The monoisotopic (exact) mass is 344 g/mol. The normalized spacial score (nSPS) is 10.4. The molecule has 1 amide bonds. The van der Waals surface area contributed by atoms with Crippen LogP contribution in [-0.2, 0) is 0 Å². The summed E-state index contributed by atoms with van der Waals surface area (Å²) in [6.45, 7) is 6.21. The Kier molecular flexibility index (Phi) is 5.69. The molecule has 3 rings (SSSR count). The van der Waals surface area contributed by atoms with Gasteiger partial charge in [0.1, 0.15) is 0 Å². The van der Waals surface area contributed by atoms with Crippen molar-refractivity contribution in [2.45, 2.75) is 13.8 Å². The molecule has 0 aliphatic rings.